The van der Waals surface area contributed by atoms with Crippen molar-refractivity contribution in [2.24, 2.45) is 4.99 Å². The number of nitrogens with zero attached hydrogens (tertiary/aromatic N) is 1. The minimum absolute atomic E-state index is 0.570. The molecule has 0 fully saturated rings. The number of nitrogens with one attached hydrogen (secondary N) is 1. The van der Waals surface area contributed by atoms with Crippen LogP contribution < -0.4 is 5.32 Å². The Morgan fingerprint density at radius 3 is 2.87 bits per heavy atom. The number of rotatable bonds is 2. The van der Waals surface area contributed by atoms with Gasteiger partial charge in [0, 0.05) is 23.7 Å². The van der Waals surface area contributed by atoms with Gasteiger partial charge in [-0.1, -0.05) is 29.8 Å². The molecule has 2 N–H and O–H groups in total. The van der Waals surface area contributed by atoms with Gasteiger partial charge < -0.3 is 10.4 Å². The van der Waals surface area contributed by atoms with Crippen molar-refractivity contribution >= 4 is 17.4 Å². The van der Waals surface area contributed by atoms with E-state index in [1.165, 1.54) is 0 Å². The number of halogens is 1. The van der Waals surface area contributed by atoms with Crippen LogP contribution in [0.15, 0.2) is 29.3 Å². The van der Waals surface area contributed by atoms with Gasteiger partial charge in [-0.2, -0.15) is 0 Å². The first-order valence-corrected chi connectivity index (χ1v) is 5.37. The summed E-state index contributed by atoms with van der Waals surface area (Å²) >= 11 is 6.00. The van der Waals surface area contributed by atoms with Crippen LogP contribution in [-0.2, 0) is 0 Å². The van der Waals surface area contributed by atoms with Crippen LogP contribution in [0.1, 0.15) is 18.1 Å². The first-order valence-electron chi connectivity index (χ1n) is 5.00. The maximum atomic E-state index is 10.0. The monoisotopic (exact) mass is 224 g/mol. The predicted molar refractivity (Wildman–Crippen MR) is 61.3 cm³/mol. The lowest BCUT2D eigenvalue weighted by Gasteiger charge is -2.20. The quantitative estimate of drug-likeness (QED) is 0.804. The van der Waals surface area contributed by atoms with Gasteiger partial charge in [0.2, 0.25) is 0 Å². The third kappa shape index (κ3) is 2.30. The molecule has 3 nitrogen and oxygen atoms in total. The molecule has 80 valence electrons. The average Bonchev–Trinajstić information content (AvgIpc) is 2.30. The molecule has 0 radical (unpaired) electrons. The molecule has 0 aromatic heterocycles. The molecule has 1 aliphatic heterocycles. The van der Waals surface area contributed by atoms with Gasteiger partial charge in [-0.3, -0.25) is 4.99 Å². The van der Waals surface area contributed by atoms with Gasteiger partial charge in [0.15, 0.2) is 0 Å². The molecule has 0 saturated heterocycles. The largest absolute Gasteiger partial charge is 0.380 e. The van der Waals surface area contributed by atoms with Crippen molar-refractivity contribution in [3.63, 3.8) is 0 Å². The molecule has 1 atom stereocenters. The number of hydrogen-bond acceptors (Lipinski definition) is 3. The Bertz CT molecular complexity index is 379. The molecule has 0 aliphatic carbocycles. The molecule has 15 heavy (non-hydrogen) atoms. The second kappa shape index (κ2) is 4.64. The van der Waals surface area contributed by atoms with Crippen molar-refractivity contribution in [3.05, 3.63) is 34.9 Å². The van der Waals surface area contributed by atoms with E-state index in [0.717, 1.165) is 19.5 Å². The Labute approximate surface area is 93.8 Å². The van der Waals surface area contributed by atoms with Crippen LogP contribution in [0.25, 0.3) is 0 Å². The molecular formula is C11H13ClN2O. The van der Waals surface area contributed by atoms with E-state index in [2.05, 4.69) is 10.3 Å². The van der Waals surface area contributed by atoms with Gasteiger partial charge in [0.1, 0.15) is 11.9 Å². The lowest BCUT2D eigenvalue weighted by atomic mass is 10.1. The maximum absolute atomic E-state index is 10.0. The number of benzene rings is 1. The Morgan fingerprint density at radius 1 is 1.40 bits per heavy atom. The van der Waals surface area contributed by atoms with Crippen molar-refractivity contribution in [2.45, 2.75) is 12.5 Å². The first-order chi connectivity index (χ1) is 7.29. The Hall–Kier alpha value is -1.06. The lowest BCUT2D eigenvalue weighted by Crippen LogP contribution is -2.34. The standard InChI is InChI=1S/C11H13ClN2O/c12-9-5-2-1-4-8(9)10(15)11-13-6-3-7-14-11/h1-2,4-5,10,15H,3,6-7H2,(H,13,14). The zero-order chi connectivity index (χ0) is 10.7. The minimum Gasteiger partial charge on any atom is -0.380 e. The highest BCUT2D eigenvalue weighted by atomic mass is 35.5. The molecule has 1 aliphatic rings. The second-order valence-electron chi connectivity index (χ2n) is 3.47. The highest BCUT2D eigenvalue weighted by Gasteiger charge is 2.18. The maximum Gasteiger partial charge on any atom is 0.137 e. The zero-order valence-corrected chi connectivity index (χ0v) is 9.04. The van der Waals surface area contributed by atoms with Crippen LogP contribution in [0, 0.1) is 0 Å². The van der Waals surface area contributed by atoms with E-state index in [1.54, 1.807) is 6.07 Å². The number of aliphatic imine (C=N–C) groups is 1. The van der Waals surface area contributed by atoms with Gasteiger partial charge in [-0.25, -0.2) is 0 Å². The third-order valence-corrected chi connectivity index (χ3v) is 2.73. The summed E-state index contributed by atoms with van der Waals surface area (Å²) in [5.41, 5.74) is 0.701. The van der Waals surface area contributed by atoms with Gasteiger partial charge in [0.25, 0.3) is 0 Å². The number of amidine groups is 1. The third-order valence-electron chi connectivity index (χ3n) is 2.38. The van der Waals surface area contributed by atoms with E-state index in [0.29, 0.717) is 16.4 Å². The molecular weight excluding hydrogens is 212 g/mol. The van der Waals surface area contributed by atoms with E-state index in [4.69, 9.17) is 11.6 Å². The van der Waals surface area contributed by atoms with E-state index in [9.17, 15) is 5.11 Å². The summed E-state index contributed by atoms with van der Waals surface area (Å²) in [5, 5.41) is 13.7. The molecule has 1 aromatic rings. The summed E-state index contributed by atoms with van der Waals surface area (Å²) in [7, 11) is 0. The van der Waals surface area contributed by atoms with E-state index in [1.807, 2.05) is 18.2 Å². The summed E-state index contributed by atoms with van der Waals surface area (Å²) in [6, 6.07) is 7.28. The Balaban J connectivity index is 2.23. The van der Waals surface area contributed by atoms with Crippen LogP contribution in [0.2, 0.25) is 5.02 Å². The predicted octanol–water partition coefficient (Wildman–Crippen LogP) is 1.77. The Kier molecular flexibility index (Phi) is 3.23. The van der Waals surface area contributed by atoms with Crippen LogP contribution in [0.5, 0.6) is 0 Å². The normalized spacial score (nSPS) is 17.9. The molecule has 0 spiro atoms. The number of aliphatic hydroxyl groups is 1. The molecule has 1 heterocycles. The highest BCUT2D eigenvalue weighted by Crippen LogP contribution is 2.23. The Morgan fingerprint density at radius 2 is 2.20 bits per heavy atom. The van der Waals surface area contributed by atoms with Gasteiger partial charge >= 0.3 is 0 Å². The van der Waals surface area contributed by atoms with Crippen LogP contribution in [0.3, 0.4) is 0 Å². The smallest absolute Gasteiger partial charge is 0.137 e. The van der Waals surface area contributed by atoms with Crippen molar-refractivity contribution in [1.82, 2.24) is 5.32 Å². The summed E-state index contributed by atoms with van der Waals surface area (Å²) in [6.07, 6.45) is 0.276. The molecule has 1 unspecified atom stereocenters. The fourth-order valence-corrected chi connectivity index (χ4v) is 1.82. The number of aliphatic hydroxyl groups excluding tert-OH is 1. The van der Waals surface area contributed by atoms with E-state index >= 15 is 0 Å². The van der Waals surface area contributed by atoms with E-state index in [-0.39, 0.29) is 0 Å². The zero-order valence-electron chi connectivity index (χ0n) is 8.28. The van der Waals surface area contributed by atoms with Crippen molar-refractivity contribution < 1.29 is 5.11 Å². The molecule has 2 rings (SSSR count). The highest BCUT2D eigenvalue weighted by molar-refractivity contribution is 6.31. The summed E-state index contributed by atoms with van der Waals surface area (Å²) in [4.78, 5) is 4.24. The van der Waals surface area contributed by atoms with Gasteiger partial charge in [0.05, 0.1) is 0 Å². The number of hydrogen-bond donors (Lipinski definition) is 2. The van der Waals surface area contributed by atoms with Crippen molar-refractivity contribution in [1.29, 1.82) is 0 Å². The minimum atomic E-state index is -0.737. The SMILES string of the molecule is OC(C1=NCCCN1)c1ccccc1Cl. The molecule has 4 heteroatoms. The van der Waals surface area contributed by atoms with Gasteiger partial charge in [-0.15, -0.1) is 0 Å². The van der Waals surface area contributed by atoms with Crippen LogP contribution in [0.4, 0.5) is 0 Å². The average molecular weight is 225 g/mol. The van der Waals surface area contributed by atoms with Gasteiger partial charge in [-0.05, 0) is 12.5 Å². The lowest BCUT2D eigenvalue weighted by molar-refractivity contribution is 0.241. The van der Waals surface area contributed by atoms with Crippen molar-refractivity contribution in [2.75, 3.05) is 13.1 Å². The van der Waals surface area contributed by atoms with Crippen LogP contribution >= 0.6 is 11.6 Å². The second-order valence-corrected chi connectivity index (χ2v) is 3.88. The fraction of sp³-hybridized carbons (Fsp3) is 0.364. The molecule has 0 bridgehead atoms. The molecule has 1 aromatic carbocycles. The van der Waals surface area contributed by atoms with E-state index < -0.39 is 6.10 Å². The topological polar surface area (TPSA) is 44.6 Å². The first kappa shape index (κ1) is 10.5. The fourth-order valence-electron chi connectivity index (χ4n) is 1.58. The summed E-state index contributed by atoms with van der Waals surface area (Å²) in [6.45, 7) is 1.63. The molecule has 0 saturated carbocycles. The summed E-state index contributed by atoms with van der Waals surface area (Å²) < 4.78 is 0. The van der Waals surface area contributed by atoms with Crippen molar-refractivity contribution in [3.8, 4) is 0 Å². The summed E-state index contributed by atoms with van der Waals surface area (Å²) in [5.74, 6) is 0.620. The van der Waals surface area contributed by atoms with Crippen LogP contribution in [-0.4, -0.2) is 24.0 Å². The molecule has 0 amide bonds.